The average molecular weight is 579 g/mol. The van der Waals surface area contributed by atoms with E-state index in [1.54, 1.807) is 55.5 Å². The molecule has 0 unspecified atom stereocenters. The summed E-state index contributed by atoms with van der Waals surface area (Å²) in [6.45, 7) is 2.69. The smallest absolute Gasteiger partial charge is 0.264 e. The van der Waals surface area contributed by atoms with Crippen LogP contribution in [0.4, 0.5) is 5.69 Å². The fraction of sp³-hybridized carbons (Fsp3) is 0.259. The molecule has 11 heteroatoms. The van der Waals surface area contributed by atoms with Gasteiger partial charge in [0, 0.05) is 35.3 Å². The number of carbonyl (C=O) groups excluding carboxylic acids is 2. The van der Waals surface area contributed by atoms with Crippen molar-refractivity contribution < 1.29 is 22.7 Å². The molecule has 3 aromatic rings. The number of carbonyl (C=O) groups is 2. The van der Waals surface area contributed by atoms with Crippen molar-refractivity contribution in [2.24, 2.45) is 0 Å². The van der Waals surface area contributed by atoms with Crippen LogP contribution in [-0.2, 0) is 26.2 Å². The number of nitrogens with one attached hydrogen (secondary N) is 1. The van der Waals surface area contributed by atoms with Crippen LogP contribution in [0.3, 0.4) is 0 Å². The number of aryl methyl sites for hydroxylation is 1. The minimum absolute atomic E-state index is 0.0127. The lowest BCUT2D eigenvalue weighted by Crippen LogP contribution is -2.50. The minimum Gasteiger partial charge on any atom is -0.497 e. The van der Waals surface area contributed by atoms with Crippen molar-refractivity contribution in [3.8, 4) is 5.75 Å². The molecule has 3 rings (SSSR count). The maximum atomic E-state index is 13.8. The second-order valence-corrected chi connectivity index (χ2v) is 11.2. The van der Waals surface area contributed by atoms with Gasteiger partial charge in [0.05, 0.1) is 17.7 Å². The molecule has 2 amide bonds. The first-order chi connectivity index (χ1) is 18.0. The Hall–Kier alpha value is -3.27. The van der Waals surface area contributed by atoms with Crippen LogP contribution in [-0.4, -0.2) is 51.9 Å². The minimum atomic E-state index is -4.19. The van der Waals surface area contributed by atoms with Crippen LogP contribution in [0.5, 0.6) is 5.75 Å². The first-order valence-corrected chi connectivity index (χ1v) is 13.9. The predicted octanol–water partition coefficient (Wildman–Crippen LogP) is 4.67. The standard InChI is InChI=1S/C27H29Cl2N3O5S/c1-18-11-13-22(14-12-18)38(35,36)32(20-7-5-8-21(15-20)37-4)17-26(33)31(19(2)27(34)30-3)16-23-24(28)9-6-10-25(23)29/h5-15,19H,16-17H2,1-4H3,(H,30,34)/t19-/m0/s1. The number of nitrogens with zero attached hydrogens (tertiary/aromatic N) is 2. The lowest BCUT2D eigenvalue weighted by atomic mass is 10.1. The second kappa shape index (κ2) is 12.5. The number of methoxy groups -OCH3 is 1. The molecule has 0 aliphatic carbocycles. The monoisotopic (exact) mass is 577 g/mol. The van der Waals surface area contributed by atoms with Crippen LogP contribution in [0.15, 0.2) is 71.6 Å². The maximum Gasteiger partial charge on any atom is 0.264 e. The van der Waals surface area contributed by atoms with E-state index in [1.165, 1.54) is 37.3 Å². The number of anilines is 1. The van der Waals surface area contributed by atoms with Gasteiger partial charge in [0.2, 0.25) is 11.8 Å². The predicted molar refractivity (Wildman–Crippen MR) is 149 cm³/mol. The van der Waals surface area contributed by atoms with E-state index < -0.39 is 34.4 Å². The van der Waals surface area contributed by atoms with Crippen molar-refractivity contribution >= 4 is 50.7 Å². The summed E-state index contributed by atoms with van der Waals surface area (Å²) in [6.07, 6.45) is 0. The van der Waals surface area contributed by atoms with E-state index >= 15 is 0 Å². The van der Waals surface area contributed by atoms with E-state index in [-0.39, 0.29) is 17.1 Å². The Kier molecular flexibility index (Phi) is 9.65. The number of sulfonamides is 1. The fourth-order valence-electron chi connectivity index (χ4n) is 3.78. The SMILES string of the molecule is CNC(=O)[C@H](C)N(Cc1c(Cl)cccc1Cl)C(=O)CN(c1cccc(OC)c1)S(=O)(=O)c1ccc(C)cc1. The molecule has 0 aliphatic rings. The van der Waals surface area contributed by atoms with Gasteiger partial charge >= 0.3 is 0 Å². The molecule has 0 radical (unpaired) electrons. The van der Waals surface area contributed by atoms with E-state index in [1.807, 2.05) is 6.92 Å². The Morgan fingerprint density at radius 2 is 1.61 bits per heavy atom. The van der Waals surface area contributed by atoms with Crippen LogP contribution in [0.25, 0.3) is 0 Å². The number of hydrogen-bond donors (Lipinski definition) is 1. The van der Waals surface area contributed by atoms with Crippen LogP contribution < -0.4 is 14.4 Å². The molecule has 1 atom stereocenters. The van der Waals surface area contributed by atoms with Crippen molar-refractivity contribution in [3.05, 3.63) is 87.9 Å². The third-order valence-corrected chi connectivity index (χ3v) is 8.53. The normalized spacial score (nSPS) is 11.9. The third kappa shape index (κ3) is 6.59. The number of hydrogen-bond acceptors (Lipinski definition) is 5. The first-order valence-electron chi connectivity index (χ1n) is 11.7. The lowest BCUT2D eigenvalue weighted by molar-refractivity contribution is -0.139. The Morgan fingerprint density at radius 3 is 2.18 bits per heavy atom. The van der Waals surface area contributed by atoms with Gasteiger partial charge < -0.3 is 15.0 Å². The summed E-state index contributed by atoms with van der Waals surface area (Å²) in [7, 11) is -1.27. The highest BCUT2D eigenvalue weighted by molar-refractivity contribution is 7.92. The molecule has 0 spiro atoms. The molecule has 3 aromatic carbocycles. The Balaban J connectivity index is 2.09. The molecule has 202 valence electrons. The number of benzene rings is 3. The van der Waals surface area contributed by atoms with Crippen LogP contribution in [0, 0.1) is 6.92 Å². The van der Waals surface area contributed by atoms with Crippen LogP contribution in [0.1, 0.15) is 18.1 Å². The number of rotatable bonds is 10. The van der Waals surface area contributed by atoms with E-state index in [4.69, 9.17) is 27.9 Å². The first kappa shape index (κ1) is 29.3. The number of ether oxygens (including phenoxy) is 1. The zero-order chi connectivity index (χ0) is 28.0. The summed E-state index contributed by atoms with van der Waals surface area (Å²) in [5.41, 5.74) is 1.55. The van der Waals surface area contributed by atoms with E-state index in [0.717, 1.165) is 9.87 Å². The lowest BCUT2D eigenvalue weighted by Gasteiger charge is -2.32. The number of amides is 2. The molecule has 0 bridgehead atoms. The molecule has 0 aromatic heterocycles. The highest BCUT2D eigenvalue weighted by atomic mass is 35.5. The van der Waals surface area contributed by atoms with E-state index in [2.05, 4.69) is 5.32 Å². The molecule has 0 heterocycles. The highest BCUT2D eigenvalue weighted by Gasteiger charge is 2.33. The summed E-state index contributed by atoms with van der Waals surface area (Å²) in [6, 6.07) is 16.7. The second-order valence-electron chi connectivity index (χ2n) is 8.54. The fourth-order valence-corrected chi connectivity index (χ4v) is 5.70. The van der Waals surface area contributed by atoms with Crippen LogP contribution >= 0.6 is 23.2 Å². The maximum absolute atomic E-state index is 13.8. The molecular formula is C27H29Cl2N3O5S. The molecule has 8 nitrogen and oxygen atoms in total. The Morgan fingerprint density at radius 1 is 1.00 bits per heavy atom. The summed E-state index contributed by atoms with van der Waals surface area (Å²) < 4.78 is 33.9. The van der Waals surface area contributed by atoms with Gasteiger partial charge in [-0.2, -0.15) is 0 Å². The molecule has 0 aliphatic heterocycles. The van der Waals surface area contributed by atoms with Gasteiger partial charge in [0.15, 0.2) is 0 Å². The summed E-state index contributed by atoms with van der Waals surface area (Å²) in [5, 5.41) is 3.16. The quantitative estimate of drug-likeness (QED) is 0.378. The van der Waals surface area contributed by atoms with Crippen molar-refractivity contribution in [1.82, 2.24) is 10.2 Å². The van der Waals surface area contributed by atoms with Crippen LogP contribution in [0.2, 0.25) is 10.0 Å². The molecule has 1 N–H and O–H groups in total. The van der Waals surface area contributed by atoms with Crippen molar-refractivity contribution in [2.45, 2.75) is 31.3 Å². The zero-order valence-corrected chi connectivity index (χ0v) is 23.8. The van der Waals surface area contributed by atoms with Gasteiger partial charge in [-0.1, -0.05) is 53.0 Å². The average Bonchev–Trinajstić information content (AvgIpc) is 2.90. The van der Waals surface area contributed by atoms with Gasteiger partial charge in [0.25, 0.3) is 10.0 Å². The van der Waals surface area contributed by atoms with E-state index in [0.29, 0.717) is 21.4 Å². The largest absolute Gasteiger partial charge is 0.497 e. The summed E-state index contributed by atoms with van der Waals surface area (Å²) in [4.78, 5) is 27.7. The van der Waals surface area contributed by atoms with Gasteiger partial charge in [-0.3, -0.25) is 13.9 Å². The number of likely N-dealkylation sites (N-methyl/N-ethyl adjacent to an activating group) is 1. The van der Waals surface area contributed by atoms with Crippen molar-refractivity contribution in [3.63, 3.8) is 0 Å². The van der Waals surface area contributed by atoms with Gasteiger partial charge in [0.1, 0.15) is 18.3 Å². The van der Waals surface area contributed by atoms with Crippen molar-refractivity contribution in [2.75, 3.05) is 25.0 Å². The van der Waals surface area contributed by atoms with Crippen molar-refractivity contribution in [1.29, 1.82) is 0 Å². The van der Waals surface area contributed by atoms with Gasteiger partial charge in [-0.25, -0.2) is 8.42 Å². The summed E-state index contributed by atoms with van der Waals surface area (Å²) >= 11 is 12.7. The molecule has 0 saturated heterocycles. The molecule has 0 fully saturated rings. The highest BCUT2D eigenvalue weighted by Crippen LogP contribution is 2.29. The Labute approximate surface area is 233 Å². The molecular weight excluding hydrogens is 549 g/mol. The molecule has 0 saturated carbocycles. The number of halogens is 2. The van der Waals surface area contributed by atoms with Gasteiger partial charge in [-0.05, 0) is 50.2 Å². The molecule has 38 heavy (non-hydrogen) atoms. The topological polar surface area (TPSA) is 96.0 Å². The summed E-state index contributed by atoms with van der Waals surface area (Å²) in [5.74, 6) is -0.649. The third-order valence-electron chi connectivity index (χ3n) is 6.03. The zero-order valence-electron chi connectivity index (χ0n) is 21.4. The van der Waals surface area contributed by atoms with Gasteiger partial charge in [-0.15, -0.1) is 0 Å². The van der Waals surface area contributed by atoms with E-state index in [9.17, 15) is 18.0 Å². The Bertz CT molecular complexity index is 1390.